The second-order valence-corrected chi connectivity index (χ2v) is 7.22. The van der Waals surface area contributed by atoms with Gasteiger partial charge in [0.2, 0.25) is 0 Å². The normalized spacial score (nSPS) is 13.9. The van der Waals surface area contributed by atoms with Crippen molar-refractivity contribution in [3.63, 3.8) is 0 Å². The molecule has 0 atom stereocenters. The first-order valence-electron chi connectivity index (χ1n) is 7.00. The van der Waals surface area contributed by atoms with Crippen LogP contribution in [0.2, 0.25) is 0 Å². The summed E-state index contributed by atoms with van der Waals surface area (Å²) in [7, 11) is -0.893. The summed E-state index contributed by atoms with van der Waals surface area (Å²) in [5, 5.41) is 10.2. The average Bonchev–Trinajstić information content (AvgIpc) is 2.25. The van der Waals surface area contributed by atoms with Gasteiger partial charge in [-0.15, -0.1) is 0 Å². The van der Waals surface area contributed by atoms with E-state index < -0.39 is 15.5 Å². The molecule has 0 amide bonds. The molecule has 112 valence electrons. The Morgan fingerprint density at radius 1 is 1.16 bits per heavy atom. The molecule has 0 unspecified atom stereocenters. The maximum absolute atomic E-state index is 11.1. The Hall–Kier alpha value is -0.653. The van der Waals surface area contributed by atoms with Crippen molar-refractivity contribution in [2.75, 3.05) is 0 Å². The van der Waals surface area contributed by atoms with Gasteiger partial charge in [0.15, 0.2) is 0 Å². The molecule has 0 aromatic heterocycles. The van der Waals surface area contributed by atoms with Crippen molar-refractivity contribution in [2.45, 2.75) is 72.5 Å². The van der Waals surface area contributed by atoms with Crippen LogP contribution in [0.4, 0.5) is 0 Å². The number of ether oxygens (including phenoxy) is 2. The standard InChI is InChI=1S/C14H28O4Si/c1-7-8-12(11(6)13(15)16)19-14(17-9(2)3)18-10(4)5/h9-10,14H,7-8,19H2,1-6H3,(H,15,16)/b12-11+. The van der Waals surface area contributed by atoms with E-state index in [0.717, 1.165) is 18.0 Å². The molecule has 0 fully saturated rings. The van der Waals surface area contributed by atoms with E-state index in [2.05, 4.69) is 6.92 Å². The Kier molecular flexibility index (Phi) is 8.96. The molecule has 0 aliphatic carbocycles. The summed E-state index contributed by atoms with van der Waals surface area (Å²) in [6.07, 6.45) is 1.95. The number of hydrogen-bond acceptors (Lipinski definition) is 3. The zero-order valence-corrected chi connectivity index (χ0v) is 14.4. The zero-order valence-electron chi connectivity index (χ0n) is 13.0. The van der Waals surface area contributed by atoms with E-state index in [1.54, 1.807) is 6.92 Å². The minimum absolute atomic E-state index is 0.0873. The molecule has 19 heavy (non-hydrogen) atoms. The highest BCUT2D eigenvalue weighted by molar-refractivity contribution is 6.47. The third kappa shape index (κ3) is 8.18. The summed E-state index contributed by atoms with van der Waals surface area (Å²) in [6.45, 7) is 11.6. The van der Waals surface area contributed by atoms with E-state index in [9.17, 15) is 4.79 Å². The van der Waals surface area contributed by atoms with E-state index in [4.69, 9.17) is 14.6 Å². The predicted octanol–water partition coefficient (Wildman–Crippen LogP) is 2.45. The first-order valence-corrected chi connectivity index (χ1v) is 8.53. The van der Waals surface area contributed by atoms with Crippen LogP contribution >= 0.6 is 0 Å². The fraction of sp³-hybridized carbons (Fsp3) is 0.786. The molecule has 0 aromatic carbocycles. The molecule has 0 aromatic rings. The Balaban J connectivity index is 4.92. The van der Waals surface area contributed by atoms with E-state index in [-0.39, 0.29) is 18.1 Å². The molecule has 0 saturated carbocycles. The van der Waals surface area contributed by atoms with Crippen molar-refractivity contribution >= 4 is 15.5 Å². The average molecular weight is 288 g/mol. The highest BCUT2D eigenvalue weighted by Gasteiger charge is 2.19. The number of allylic oxidation sites excluding steroid dienone is 1. The molecule has 5 heteroatoms. The first kappa shape index (κ1) is 18.3. The molecule has 4 nitrogen and oxygen atoms in total. The van der Waals surface area contributed by atoms with Gasteiger partial charge in [0.25, 0.3) is 0 Å². The largest absolute Gasteiger partial charge is 0.478 e. The van der Waals surface area contributed by atoms with Crippen molar-refractivity contribution in [3.8, 4) is 0 Å². The minimum Gasteiger partial charge on any atom is -0.478 e. The van der Waals surface area contributed by atoms with E-state index in [1.807, 2.05) is 27.7 Å². The van der Waals surface area contributed by atoms with Crippen LogP contribution < -0.4 is 0 Å². The highest BCUT2D eigenvalue weighted by atomic mass is 28.2. The van der Waals surface area contributed by atoms with Gasteiger partial charge in [-0.05, 0) is 41.0 Å². The lowest BCUT2D eigenvalue weighted by molar-refractivity contribution is -0.133. The van der Waals surface area contributed by atoms with Gasteiger partial charge in [-0.25, -0.2) is 4.79 Å². The van der Waals surface area contributed by atoms with Crippen LogP contribution in [0, 0.1) is 0 Å². The predicted molar refractivity (Wildman–Crippen MR) is 80.0 cm³/mol. The minimum atomic E-state index is -0.893. The Bertz CT molecular complexity index is 301. The quantitative estimate of drug-likeness (QED) is 0.402. The Labute approximate surface area is 119 Å². The van der Waals surface area contributed by atoms with Gasteiger partial charge < -0.3 is 14.6 Å². The number of carboxylic acids is 1. The van der Waals surface area contributed by atoms with Crippen molar-refractivity contribution in [3.05, 3.63) is 10.8 Å². The maximum Gasteiger partial charge on any atom is 0.330 e. The molecule has 0 radical (unpaired) electrons. The zero-order chi connectivity index (χ0) is 15.0. The highest BCUT2D eigenvalue weighted by Crippen LogP contribution is 2.15. The summed E-state index contributed by atoms with van der Waals surface area (Å²) in [4.78, 5) is 11.1. The molecule has 0 aliphatic heterocycles. The van der Waals surface area contributed by atoms with Crippen molar-refractivity contribution in [2.24, 2.45) is 0 Å². The number of carbonyl (C=O) groups is 1. The fourth-order valence-electron chi connectivity index (χ4n) is 1.83. The van der Waals surface area contributed by atoms with Gasteiger partial charge in [-0.1, -0.05) is 18.5 Å². The smallest absolute Gasteiger partial charge is 0.330 e. The lowest BCUT2D eigenvalue weighted by Gasteiger charge is -2.24. The summed E-state index contributed by atoms with van der Waals surface area (Å²) in [6, 6.07) is 0. The number of aliphatic carboxylic acids is 1. The summed E-state index contributed by atoms with van der Waals surface area (Å²) in [5.74, 6) is -1.07. The van der Waals surface area contributed by atoms with Crippen molar-refractivity contribution in [1.29, 1.82) is 0 Å². The van der Waals surface area contributed by atoms with Crippen molar-refractivity contribution in [1.82, 2.24) is 0 Å². The van der Waals surface area contributed by atoms with Gasteiger partial charge >= 0.3 is 5.97 Å². The summed E-state index contributed by atoms with van der Waals surface area (Å²) < 4.78 is 11.6. The monoisotopic (exact) mass is 288 g/mol. The van der Waals surface area contributed by atoms with Gasteiger partial charge in [0.1, 0.15) is 15.4 Å². The first-order chi connectivity index (χ1) is 8.77. The lowest BCUT2D eigenvalue weighted by atomic mass is 10.2. The van der Waals surface area contributed by atoms with E-state index in [0.29, 0.717) is 5.57 Å². The van der Waals surface area contributed by atoms with Crippen LogP contribution in [-0.2, 0) is 14.3 Å². The second kappa shape index (κ2) is 9.28. The lowest BCUT2D eigenvalue weighted by Crippen LogP contribution is -2.32. The molecule has 0 bridgehead atoms. The molecular weight excluding hydrogens is 260 g/mol. The molecule has 0 saturated heterocycles. The van der Waals surface area contributed by atoms with Crippen LogP contribution in [-0.4, -0.2) is 38.7 Å². The number of carboxylic acid groups (broad SMARTS) is 1. The Morgan fingerprint density at radius 2 is 1.63 bits per heavy atom. The molecule has 0 heterocycles. The second-order valence-electron chi connectivity index (χ2n) is 5.29. The molecule has 0 aliphatic rings. The molecule has 0 spiro atoms. The van der Waals surface area contributed by atoms with Crippen LogP contribution in [0.5, 0.6) is 0 Å². The molecular formula is C14H28O4Si. The Morgan fingerprint density at radius 3 is 1.95 bits per heavy atom. The van der Waals surface area contributed by atoms with Gasteiger partial charge in [0.05, 0.1) is 12.2 Å². The summed E-state index contributed by atoms with van der Waals surface area (Å²) in [5.41, 5.74) is 0.471. The SMILES string of the molecule is CCC/C([SiH2]C(OC(C)C)OC(C)C)=C(/C)C(=O)O. The fourth-order valence-corrected chi connectivity index (χ4v) is 4.21. The molecule has 0 rings (SSSR count). The van der Waals surface area contributed by atoms with Crippen LogP contribution in [0.1, 0.15) is 54.4 Å². The van der Waals surface area contributed by atoms with Gasteiger partial charge in [-0.2, -0.15) is 0 Å². The van der Waals surface area contributed by atoms with Crippen LogP contribution in [0.15, 0.2) is 10.8 Å². The van der Waals surface area contributed by atoms with Crippen LogP contribution in [0.25, 0.3) is 0 Å². The third-order valence-electron chi connectivity index (χ3n) is 2.66. The van der Waals surface area contributed by atoms with Gasteiger partial charge in [0, 0.05) is 5.57 Å². The maximum atomic E-state index is 11.1. The topological polar surface area (TPSA) is 55.8 Å². The third-order valence-corrected chi connectivity index (χ3v) is 4.76. The van der Waals surface area contributed by atoms with E-state index in [1.165, 1.54) is 0 Å². The van der Waals surface area contributed by atoms with Gasteiger partial charge in [-0.3, -0.25) is 0 Å². The van der Waals surface area contributed by atoms with Crippen LogP contribution in [0.3, 0.4) is 0 Å². The van der Waals surface area contributed by atoms with E-state index >= 15 is 0 Å². The number of hydrogen-bond donors (Lipinski definition) is 1. The molecule has 1 N–H and O–H groups in total. The number of rotatable bonds is 9. The summed E-state index contributed by atoms with van der Waals surface area (Å²) >= 11 is 0. The van der Waals surface area contributed by atoms with Crippen molar-refractivity contribution < 1.29 is 19.4 Å².